The molecule has 0 aromatic carbocycles. The van der Waals surface area contributed by atoms with E-state index < -0.39 is 23.9 Å². The summed E-state index contributed by atoms with van der Waals surface area (Å²) in [4.78, 5) is 20.3. The fraction of sp³-hybridized carbons (Fsp3) is 0.615. The van der Waals surface area contributed by atoms with Crippen molar-refractivity contribution in [1.82, 2.24) is 9.97 Å². The van der Waals surface area contributed by atoms with Crippen LogP contribution in [-0.4, -0.2) is 33.6 Å². The van der Waals surface area contributed by atoms with E-state index >= 15 is 0 Å². The second-order valence-corrected chi connectivity index (χ2v) is 5.44. The summed E-state index contributed by atoms with van der Waals surface area (Å²) in [6.45, 7) is 0.363. The predicted molar refractivity (Wildman–Crippen MR) is 67.0 cm³/mol. The molecule has 3 rings (SSSR count). The molecule has 0 spiro atoms. The Morgan fingerprint density at radius 3 is 2.57 bits per heavy atom. The number of halogens is 3. The van der Waals surface area contributed by atoms with Gasteiger partial charge in [-0.3, -0.25) is 0 Å². The first-order valence-electron chi connectivity index (χ1n) is 6.82. The number of anilines is 1. The molecule has 5 nitrogen and oxygen atoms in total. The first-order valence-corrected chi connectivity index (χ1v) is 6.82. The molecule has 1 N–H and O–H groups in total. The molecule has 1 aromatic heterocycles. The summed E-state index contributed by atoms with van der Waals surface area (Å²) in [6.07, 6.45) is -1.92. The van der Waals surface area contributed by atoms with E-state index in [-0.39, 0.29) is 11.9 Å². The van der Waals surface area contributed by atoms with Gasteiger partial charge in [0, 0.05) is 18.2 Å². The topological polar surface area (TPSA) is 66.3 Å². The highest BCUT2D eigenvalue weighted by Crippen LogP contribution is 2.41. The normalized spacial score (nSPS) is 22.6. The van der Waals surface area contributed by atoms with E-state index in [1.165, 1.54) is 4.90 Å². The van der Waals surface area contributed by atoms with Gasteiger partial charge in [0.2, 0.25) is 5.95 Å². The smallest absolute Gasteiger partial charge is 0.433 e. The predicted octanol–water partition coefficient (Wildman–Crippen LogP) is 2.43. The van der Waals surface area contributed by atoms with Crippen LogP contribution in [-0.2, 0) is 11.0 Å². The molecule has 1 aliphatic carbocycles. The zero-order valence-electron chi connectivity index (χ0n) is 11.1. The molecule has 1 unspecified atom stereocenters. The van der Waals surface area contributed by atoms with Crippen LogP contribution in [0.4, 0.5) is 19.1 Å². The van der Waals surface area contributed by atoms with Gasteiger partial charge in [-0.05, 0) is 31.7 Å². The number of carboxylic acids is 1. The Morgan fingerprint density at radius 2 is 2.00 bits per heavy atom. The van der Waals surface area contributed by atoms with Gasteiger partial charge in [-0.2, -0.15) is 13.2 Å². The number of aromatic nitrogens is 2. The quantitative estimate of drug-likeness (QED) is 0.928. The van der Waals surface area contributed by atoms with E-state index in [0.29, 0.717) is 25.1 Å². The van der Waals surface area contributed by atoms with Gasteiger partial charge in [-0.25, -0.2) is 14.8 Å². The van der Waals surface area contributed by atoms with Crippen molar-refractivity contribution in [3.63, 3.8) is 0 Å². The lowest BCUT2D eigenvalue weighted by Gasteiger charge is -2.22. The molecule has 1 saturated carbocycles. The van der Waals surface area contributed by atoms with Crippen molar-refractivity contribution in [2.24, 2.45) is 0 Å². The maximum Gasteiger partial charge on any atom is 0.433 e. The molecule has 0 amide bonds. The fourth-order valence-corrected chi connectivity index (χ4v) is 2.58. The Morgan fingerprint density at radius 1 is 1.29 bits per heavy atom. The van der Waals surface area contributed by atoms with Crippen molar-refractivity contribution in [1.29, 1.82) is 0 Å². The van der Waals surface area contributed by atoms with Crippen LogP contribution in [0.5, 0.6) is 0 Å². The first-order chi connectivity index (χ1) is 9.86. The number of nitrogens with zero attached hydrogens (tertiary/aromatic N) is 3. The number of carboxylic acid groups (broad SMARTS) is 1. The molecule has 1 aromatic rings. The van der Waals surface area contributed by atoms with Gasteiger partial charge >= 0.3 is 12.1 Å². The second-order valence-electron chi connectivity index (χ2n) is 5.44. The van der Waals surface area contributed by atoms with Crippen LogP contribution < -0.4 is 4.90 Å². The van der Waals surface area contributed by atoms with Gasteiger partial charge in [0.25, 0.3) is 0 Å². The molecular weight excluding hydrogens is 287 g/mol. The Balaban J connectivity index is 2.01. The number of aliphatic carboxylic acids is 1. The summed E-state index contributed by atoms with van der Waals surface area (Å²) in [5.74, 6) is -1.13. The van der Waals surface area contributed by atoms with Crippen LogP contribution in [0.15, 0.2) is 6.07 Å². The third-order valence-corrected chi connectivity index (χ3v) is 3.81. The third kappa shape index (κ3) is 2.79. The zero-order valence-corrected chi connectivity index (χ0v) is 11.1. The fourth-order valence-electron chi connectivity index (χ4n) is 2.58. The van der Waals surface area contributed by atoms with Crippen molar-refractivity contribution in [2.75, 3.05) is 11.4 Å². The highest BCUT2D eigenvalue weighted by molar-refractivity contribution is 5.78. The molecule has 2 heterocycles. The minimum atomic E-state index is -4.56. The number of alkyl halides is 3. The van der Waals surface area contributed by atoms with Crippen LogP contribution in [0, 0.1) is 0 Å². The largest absolute Gasteiger partial charge is 0.480 e. The standard InChI is InChI=1S/C13H14F3N3O2/c14-13(15,16)10-6-8(7-3-4-7)17-12(18-10)19-5-1-2-9(19)11(20)21/h6-7,9H,1-5H2,(H,20,21). The molecule has 8 heteroatoms. The Kier molecular flexibility index (Phi) is 3.26. The van der Waals surface area contributed by atoms with Gasteiger partial charge in [0.1, 0.15) is 11.7 Å². The molecule has 114 valence electrons. The van der Waals surface area contributed by atoms with Gasteiger partial charge < -0.3 is 10.0 Å². The highest BCUT2D eigenvalue weighted by Gasteiger charge is 2.39. The summed E-state index contributed by atoms with van der Waals surface area (Å²) in [6, 6.07) is 0.132. The average Bonchev–Trinajstić information content (AvgIpc) is 3.13. The van der Waals surface area contributed by atoms with Gasteiger partial charge in [0.15, 0.2) is 0 Å². The van der Waals surface area contributed by atoms with Crippen LogP contribution in [0.2, 0.25) is 0 Å². The van der Waals surface area contributed by atoms with Gasteiger partial charge in [-0.15, -0.1) is 0 Å². The Bertz CT molecular complexity index is 572. The molecule has 1 atom stereocenters. The van der Waals surface area contributed by atoms with Gasteiger partial charge in [0.05, 0.1) is 0 Å². The molecule has 1 saturated heterocycles. The van der Waals surface area contributed by atoms with Crippen molar-refractivity contribution < 1.29 is 23.1 Å². The molecular formula is C13H14F3N3O2. The molecule has 2 aliphatic rings. The van der Waals surface area contributed by atoms with Crippen LogP contribution in [0.25, 0.3) is 0 Å². The van der Waals surface area contributed by atoms with E-state index in [1.807, 2.05) is 0 Å². The lowest BCUT2D eigenvalue weighted by Crippen LogP contribution is -2.37. The first kappa shape index (κ1) is 14.1. The monoisotopic (exact) mass is 301 g/mol. The Labute approximate surface area is 118 Å². The number of rotatable bonds is 3. The third-order valence-electron chi connectivity index (χ3n) is 3.81. The van der Waals surface area contributed by atoms with Crippen LogP contribution in [0.1, 0.15) is 43.0 Å². The lowest BCUT2D eigenvalue weighted by molar-refractivity contribution is -0.141. The van der Waals surface area contributed by atoms with Crippen LogP contribution >= 0.6 is 0 Å². The van der Waals surface area contributed by atoms with Crippen molar-refractivity contribution in [2.45, 2.75) is 43.8 Å². The minimum Gasteiger partial charge on any atom is -0.480 e. The summed E-state index contributed by atoms with van der Waals surface area (Å²) in [7, 11) is 0. The van der Waals surface area contributed by atoms with Crippen molar-refractivity contribution in [3.8, 4) is 0 Å². The van der Waals surface area contributed by atoms with Crippen molar-refractivity contribution in [3.05, 3.63) is 17.5 Å². The van der Waals surface area contributed by atoms with E-state index in [2.05, 4.69) is 9.97 Å². The maximum absolute atomic E-state index is 12.9. The maximum atomic E-state index is 12.9. The zero-order chi connectivity index (χ0) is 15.2. The molecule has 21 heavy (non-hydrogen) atoms. The second kappa shape index (κ2) is 4.85. The average molecular weight is 301 g/mol. The van der Waals surface area contributed by atoms with E-state index in [4.69, 9.17) is 5.11 Å². The molecule has 0 bridgehead atoms. The molecule has 0 radical (unpaired) electrons. The minimum absolute atomic E-state index is 0.0405. The van der Waals surface area contributed by atoms with E-state index in [9.17, 15) is 18.0 Å². The summed E-state index contributed by atoms with van der Waals surface area (Å²) >= 11 is 0. The van der Waals surface area contributed by atoms with Crippen LogP contribution in [0.3, 0.4) is 0 Å². The summed E-state index contributed by atoms with van der Waals surface area (Å²) in [5, 5.41) is 9.15. The number of hydrogen-bond acceptors (Lipinski definition) is 4. The van der Waals surface area contributed by atoms with Crippen molar-refractivity contribution >= 4 is 11.9 Å². The molecule has 1 aliphatic heterocycles. The number of carbonyl (C=O) groups is 1. The lowest BCUT2D eigenvalue weighted by atomic mass is 10.2. The SMILES string of the molecule is O=C(O)C1CCCN1c1nc(C2CC2)cc(C(F)(F)F)n1. The van der Waals surface area contributed by atoms with E-state index in [0.717, 1.165) is 18.9 Å². The summed E-state index contributed by atoms with van der Waals surface area (Å²) in [5.41, 5.74) is -0.631. The summed E-state index contributed by atoms with van der Waals surface area (Å²) < 4.78 is 38.8. The number of hydrogen-bond donors (Lipinski definition) is 1. The molecule has 2 fully saturated rings. The van der Waals surface area contributed by atoms with E-state index in [1.54, 1.807) is 0 Å². The highest BCUT2D eigenvalue weighted by atomic mass is 19.4. The van der Waals surface area contributed by atoms with Gasteiger partial charge in [-0.1, -0.05) is 0 Å². The Hall–Kier alpha value is -1.86.